The molecule has 4 aromatic rings. The number of fused-ring (bicyclic) bond motifs is 1. The highest BCUT2D eigenvalue weighted by Crippen LogP contribution is 2.32. The molecule has 2 aromatic heterocycles. The molecule has 2 heterocycles. The summed E-state index contributed by atoms with van der Waals surface area (Å²) in [5.74, 6) is 1.67. The number of alkyl carbamates (subject to hydrolysis) is 1. The van der Waals surface area contributed by atoms with Crippen LogP contribution < -0.4 is 20.3 Å². The number of amides is 1. The van der Waals surface area contributed by atoms with Crippen molar-refractivity contribution in [2.75, 3.05) is 30.9 Å². The van der Waals surface area contributed by atoms with Gasteiger partial charge in [-0.3, -0.25) is 4.68 Å². The van der Waals surface area contributed by atoms with Gasteiger partial charge in [-0.05, 0) is 51.5 Å². The summed E-state index contributed by atoms with van der Waals surface area (Å²) in [6.07, 6.45) is 1.20. The zero-order valence-electron chi connectivity index (χ0n) is 23.2. The summed E-state index contributed by atoms with van der Waals surface area (Å²) < 4.78 is 12.8. The van der Waals surface area contributed by atoms with Gasteiger partial charge in [0.15, 0.2) is 5.65 Å². The molecule has 0 aliphatic heterocycles. The fourth-order valence-corrected chi connectivity index (χ4v) is 4.27. The van der Waals surface area contributed by atoms with Crippen LogP contribution in [0.1, 0.15) is 37.9 Å². The number of carbonyl (C=O) groups excluding carboxylic acids is 1. The minimum atomic E-state index is -0.644. The molecule has 0 radical (unpaired) electrons. The number of carbonyl (C=O) groups is 1. The Morgan fingerprint density at radius 1 is 1.18 bits per heavy atom. The van der Waals surface area contributed by atoms with Crippen LogP contribution in [0.3, 0.4) is 0 Å². The highest BCUT2D eigenvalue weighted by atomic mass is 35.5. The summed E-state index contributed by atoms with van der Waals surface area (Å²) in [5.41, 5.74) is 2.66. The van der Waals surface area contributed by atoms with Crippen LogP contribution in [0, 0.1) is 6.92 Å². The number of methoxy groups -OCH3 is 1. The highest BCUT2D eigenvalue weighted by Gasteiger charge is 2.24. The van der Waals surface area contributed by atoms with E-state index < -0.39 is 17.7 Å². The first-order valence-electron chi connectivity index (χ1n) is 12.5. The Kier molecular flexibility index (Phi) is 8.15. The Balaban J connectivity index is 1.67. The van der Waals surface area contributed by atoms with E-state index >= 15 is 0 Å². The molecule has 0 spiro atoms. The number of hydrogen-bond acceptors (Lipinski definition) is 8. The van der Waals surface area contributed by atoms with E-state index in [1.165, 1.54) is 0 Å². The number of nitrogens with zero attached hydrogens (tertiary/aromatic N) is 5. The second-order valence-corrected chi connectivity index (χ2v) is 10.6. The maximum atomic E-state index is 12.7. The number of rotatable bonds is 8. The fraction of sp³-hybridized carbons (Fsp3) is 0.357. The molecule has 0 bridgehead atoms. The molecule has 11 heteroatoms. The molecule has 0 aliphatic rings. The predicted molar refractivity (Wildman–Crippen MR) is 154 cm³/mol. The van der Waals surface area contributed by atoms with Crippen LogP contribution in [-0.2, 0) is 11.8 Å². The Morgan fingerprint density at radius 3 is 2.62 bits per heavy atom. The zero-order valence-corrected chi connectivity index (χ0v) is 24.0. The van der Waals surface area contributed by atoms with E-state index in [0.29, 0.717) is 28.2 Å². The standard InChI is InChI=1S/C28H34ClN7O3/c1-17-12-13-18(14-21(17)29)35(5)24-20-15-31-36(6)25(20)34-26(33-24)30-16-22(32-27(37)39-28(2,3)4)19-10-8-9-11-23(19)38-7/h8-15,22H,16H2,1-7H3,(H,32,37)(H,30,33,34). The minimum absolute atomic E-state index is 0.266. The number of anilines is 3. The average molecular weight is 552 g/mol. The molecule has 0 saturated carbocycles. The Hall–Kier alpha value is -4.05. The van der Waals surface area contributed by atoms with Crippen LogP contribution in [0.5, 0.6) is 5.75 Å². The first-order chi connectivity index (χ1) is 18.5. The molecule has 39 heavy (non-hydrogen) atoms. The van der Waals surface area contributed by atoms with Crippen molar-refractivity contribution >= 4 is 46.2 Å². The Morgan fingerprint density at radius 2 is 1.92 bits per heavy atom. The lowest BCUT2D eigenvalue weighted by molar-refractivity contribution is 0.0506. The van der Waals surface area contributed by atoms with Crippen LogP contribution in [0.4, 0.5) is 22.2 Å². The van der Waals surface area contributed by atoms with Crippen LogP contribution in [-0.4, -0.2) is 52.1 Å². The highest BCUT2D eigenvalue weighted by molar-refractivity contribution is 6.31. The third-order valence-corrected chi connectivity index (χ3v) is 6.51. The van der Waals surface area contributed by atoms with Gasteiger partial charge in [0.25, 0.3) is 0 Å². The summed E-state index contributed by atoms with van der Waals surface area (Å²) in [4.78, 5) is 24.2. The largest absolute Gasteiger partial charge is 0.496 e. The molecule has 1 unspecified atom stereocenters. The Labute approximate surface area is 233 Å². The third-order valence-electron chi connectivity index (χ3n) is 6.10. The van der Waals surface area contributed by atoms with Crippen molar-refractivity contribution in [2.24, 2.45) is 7.05 Å². The second-order valence-electron chi connectivity index (χ2n) is 10.2. The summed E-state index contributed by atoms with van der Waals surface area (Å²) >= 11 is 6.40. The van der Waals surface area contributed by atoms with Crippen molar-refractivity contribution in [3.63, 3.8) is 0 Å². The van der Waals surface area contributed by atoms with E-state index in [1.807, 2.05) is 89.2 Å². The molecular formula is C28H34ClN7O3. The lowest BCUT2D eigenvalue weighted by atomic mass is 10.1. The van der Waals surface area contributed by atoms with Gasteiger partial charge in [0.05, 0.1) is 24.7 Å². The lowest BCUT2D eigenvalue weighted by Crippen LogP contribution is -2.37. The molecule has 0 fully saturated rings. The van der Waals surface area contributed by atoms with E-state index in [4.69, 9.17) is 31.0 Å². The maximum absolute atomic E-state index is 12.7. The van der Waals surface area contributed by atoms with E-state index in [-0.39, 0.29) is 6.54 Å². The third kappa shape index (κ3) is 6.51. The molecule has 2 aromatic carbocycles. The van der Waals surface area contributed by atoms with Gasteiger partial charge in [-0.1, -0.05) is 35.9 Å². The quantitative estimate of drug-likeness (QED) is 0.284. The van der Waals surface area contributed by atoms with Gasteiger partial charge in [-0.25, -0.2) is 4.79 Å². The van der Waals surface area contributed by atoms with Crippen molar-refractivity contribution in [2.45, 2.75) is 39.3 Å². The number of ether oxygens (including phenoxy) is 2. The normalized spacial score (nSPS) is 12.2. The topological polar surface area (TPSA) is 106 Å². The van der Waals surface area contributed by atoms with E-state index in [0.717, 1.165) is 22.2 Å². The van der Waals surface area contributed by atoms with Crippen LogP contribution in [0.25, 0.3) is 11.0 Å². The van der Waals surface area contributed by atoms with Gasteiger partial charge < -0.3 is 25.0 Å². The number of hydrogen-bond donors (Lipinski definition) is 2. The van der Waals surface area contributed by atoms with Crippen molar-refractivity contribution in [1.82, 2.24) is 25.1 Å². The zero-order chi connectivity index (χ0) is 28.3. The lowest BCUT2D eigenvalue weighted by Gasteiger charge is -2.25. The number of aryl methyl sites for hydroxylation is 2. The van der Waals surface area contributed by atoms with Gasteiger partial charge >= 0.3 is 6.09 Å². The monoisotopic (exact) mass is 551 g/mol. The van der Waals surface area contributed by atoms with E-state index in [1.54, 1.807) is 18.0 Å². The number of halogens is 1. The number of nitrogens with one attached hydrogen (secondary N) is 2. The molecule has 2 N–H and O–H groups in total. The minimum Gasteiger partial charge on any atom is -0.496 e. The molecule has 4 rings (SSSR count). The van der Waals surface area contributed by atoms with Crippen molar-refractivity contribution in [1.29, 1.82) is 0 Å². The first-order valence-corrected chi connectivity index (χ1v) is 12.9. The van der Waals surface area contributed by atoms with Crippen LogP contribution in [0.2, 0.25) is 5.02 Å². The van der Waals surface area contributed by atoms with E-state index in [9.17, 15) is 4.79 Å². The van der Waals surface area contributed by atoms with Gasteiger partial charge in [0.1, 0.15) is 17.2 Å². The molecule has 0 aliphatic carbocycles. The smallest absolute Gasteiger partial charge is 0.408 e. The molecule has 0 saturated heterocycles. The fourth-order valence-electron chi connectivity index (χ4n) is 4.09. The van der Waals surface area contributed by atoms with Crippen LogP contribution in [0.15, 0.2) is 48.7 Å². The summed E-state index contributed by atoms with van der Waals surface area (Å²) in [6, 6.07) is 12.9. The molecular weight excluding hydrogens is 518 g/mol. The SMILES string of the molecule is COc1ccccc1C(CNc1nc(N(C)c2ccc(C)c(Cl)c2)c2cnn(C)c2n1)NC(=O)OC(C)(C)C. The maximum Gasteiger partial charge on any atom is 0.408 e. The van der Waals surface area contributed by atoms with Gasteiger partial charge in [0, 0.05) is 36.9 Å². The summed E-state index contributed by atoms with van der Waals surface area (Å²) in [6.45, 7) is 7.68. The summed E-state index contributed by atoms with van der Waals surface area (Å²) in [5, 5.41) is 12.1. The number of benzene rings is 2. The molecule has 206 valence electrons. The summed E-state index contributed by atoms with van der Waals surface area (Å²) in [7, 11) is 5.34. The van der Waals surface area contributed by atoms with E-state index in [2.05, 4.69) is 15.7 Å². The average Bonchev–Trinajstić information content (AvgIpc) is 3.26. The van der Waals surface area contributed by atoms with Gasteiger partial charge in [-0.2, -0.15) is 15.1 Å². The molecule has 10 nitrogen and oxygen atoms in total. The molecule has 1 amide bonds. The molecule has 1 atom stereocenters. The number of para-hydroxylation sites is 1. The van der Waals surface area contributed by atoms with Crippen molar-refractivity contribution < 1.29 is 14.3 Å². The van der Waals surface area contributed by atoms with Crippen molar-refractivity contribution in [3.8, 4) is 5.75 Å². The second kappa shape index (κ2) is 11.4. The Bertz CT molecular complexity index is 1480. The van der Waals surface area contributed by atoms with Gasteiger partial charge in [0.2, 0.25) is 5.95 Å². The predicted octanol–water partition coefficient (Wildman–Crippen LogP) is 5.78. The first kappa shape index (κ1) is 28.0. The van der Waals surface area contributed by atoms with Crippen molar-refractivity contribution in [3.05, 3.63) is 64.8 Å². The van der Waals surface area contributed by atoms with Crippen LogP contribution >= 0.6 is 11.6 Å². The van der Waals surface area contributed by atoms with Gasteiger partial charge in [-0.15, -0.1) is 0 Å². The number of aromatic nitrogens is 4.